The van der Waals surface area contributed by atoms with Crippen LogP contribution in [-0.2, 0) is 28.4 Å². The summed E-state index contributed by atoms with van der Waals surface area (Å²) in [4.78, 5) is 22.2. The molecule has 0 bridgehead atoms. The molecule has 0 heterocycles. The SMILES string of the molecule is C.COC(=O)OC(C)(C)C(C)(C)C.COC(=O)OC(C)(C)C(C)(C)OC(C)(C)C(C)(C)C.COC(C)(C)C(C)(C)C. The predicted molar refractivity (Wildman–Crippen MR) is 171 cm³/mol. The third-order valence-corrected chi connectivity index (χ3v) is 8.90. The molecule has 0 radical (unpaired) electrons. The minimum atomic E-state index is -0.803. The van der Waals surface area contributed by atoms with Crippen molar-refractivity contribution in [3.05, 3.63) is 0 Å². The largest absolute Gasteiger partial charge is 0.508 e. The molecule has 0 aromatic rings. The lowest BCUT2D eigenvalue weighted by atomic mass is 9.77. The highest BCUT2D eigenvalue weighted by Crippen LogP contribution is 2.41. The fourth-order valence-electron chi connectivity index (χ4n) is 2.00. The van der Waals surface area contributed by atoms with Crippen LogP contribution < -0.4 is 0 Å². The third kappa shape index (κ3) is 15.5. The van der Waals surface area contributed by atoms with Crippen molar-refractivity contribution in [3.63, 3.8) is 0 Å². The summed E-state index contributed by atoms with van der Waals surface area (Å²) in [6.07, 6.45) is -1.33. The Morgan fingerprint density at radius 1 is 0.390 bits per heavy atom. The molecule has 0 unspecified atom stereocenters. The van der Waals surface area contributed by atoms with Gasteiger partial charge in [-0.25, -0.2) is 9.59 Å². The molecule has 0 fully saturated rings. The minimum Gasteiger partial charge on any atom is -0.438 e. The minimum absolute atomic E-state index is 0. The fourth-order valence-corrected chi connectivity index (χ4v) is 2.00. The Bertz CT molecular complexity index is 771. The van der Waals surface area contributed by atoms with E-state index in [1.807, 2.05) is 76.2 Å². The van der Waals surface area contributed by atoms with Gasteiger partial charge in [-0.1, -0.05) is 69.7 Å². The van der Waals surface area contributed by atoms with Gasteiger partial charge in [0.05, 0.1) is 25.4 Å². The summed E-state index contributed by atoms with van der Waals surface area (Å²) in [5.74, 6) is 0. The fraction of sp³-hybridized carbons (Fsp3) is 0.939. The van der Waals surface area contributed by atoms with Gasteiger partial charge in [-0.15, -0.1) is 0 Å². The Morgan fingerprint density at radius 3 is 0.854 bits per heavy atom. The molecule has 0 saturated heterocycles. The molecule has 0 aliphatic carbocycles. The van der Waals surface area contributed by atoms with Crippen molar-refractivity contribution in [1.82, 2.24) is 0 Å². The van der Waals surface area contributed by atoms with E-state index in [0.717, 1.165) is 0 Å². The van der Waals surface area contributed by atoms with Crippen LogP contribution in [0.25, 0.3) is 0 Å². The normalized spacial score (nSPS) is 13.3. The zero-order valence-corrected chi connectivity index (χ0v) is 30.3. The van der Waals surface area contributed by atoms with Crippen LogP contribution >= 0.6 is 0 Å². The van der Waals surface area contributed by atoms with Crippen molar-refractivity contribution >= 4 is 12.3 Å². The molecular formula is C33H70O8. The van der Waals surface area contributed by atoms with Crippen LogP contribution in [0.1, 0.15) is 139 Å². The van der Waals surface area contributed by atoms with Gasteiger partial charge >= 0.3 is 12.3 Å². The first-order valence-electron chi connectivity index (χ1n) is 14.0. The number of carbonyl (C=O) groups is 2. The monoisotopic (exact) mass is 595 g/mol. The van der Waals surface area contributed by atoms with Crippen LogP contribution in [0.3, 0.4) is 0 Å². The second kappa shape index (κ2) is 15.8. The zero-order valence-electron chi connectivity index (χ0n) is 30.3. The summed E-state index contributed by atoms with van der Waals surface area (Å²) >= 11 is 0. The third-order valence-electron chi connectivity index (χ3n) is 8.90. The summed E-state index contributed by atoms with van der Waals surface area (Å²) in [5, 5.41) is 0. The van der Waals surface area contributed by atoms with Gasteiger partial charge < -0.3 is 28.4 Å². The number of ether oxygens (including phenoxy) is 6. The highest BCUT2D eigenvalue weighted by molar-refractivity contribution is 5.60. The quantitative estimate of drug-likeness (QED) is 0.281. The Morgan fingerprint density at radius 2 is 0.659 bits per heavy atom. The molecule has 0 aromatic heterocycles. The van der Waals surface area contributed by atoms with Crippen molar-refractivity contribution in [2.45, 2.75) is 167 Å². The van der Waals surface area contributed by atoms with Crippen molar-refractivity contribution in [2.75, 3.05) is 21.3 Å². The highest BCUT2D eigenvalue weighted by Gasteiger charge is 2.48. The molecule has 0 aliphatic rings. The molecule has 8 heteroatoms. The van der Waals surface area contributed by atoms with E-state index in [2.05, 4.69) is 64.9 Å². The van der Waals surface area contributed by atoms with E-state index in [9.17, 15) is 9.59 Å². The molecule has 0 N–H and O–H groups in total. The maximum atomic E-state index is 11.3. The maximum Gasteiger partial charge on any atom is 0.508 e. The van der Waals surface area contributed by atoms with Gasteiger partial charge in [-0.3, -0.25) is 0 Å². The molecule has 0 amide bonds. The highest BCUT2D eigenvalue weighted by atomic mass is 16.7. The average molecular weight is 595 g/mol. The summed E-state index contributed by atoms with van der Waals surface area (Å²) in [7, 11) is 4.36. The lowest BCUT2D eigenvalue weighted by molar-refractivity contribution is -0.233. The molecule has 8 nitrogen and oxygen atoms in total. The second-order valence-electron chi connectivity index (χ2n) is 15.7. The number of hydrogen-bond acceptors (Lipinski definition) is 8. The van der Waals surface area contributed by atoms with Crippen LogP contribution in [0.15, 0.2) is 0 Å². The molecule has 0 aliphatic heterocycles. The predicted octanol–water partition coefficient (Wildman–Crippen LogP) is 9.86. The smallest absolute Gasteiger partial charge is 0.438 e. The Balaban J connectivity index is -0.000000268. The van der Waals surface area contributed by atoms with Gasteiger partial charge in [0.2, 0.25) is 0 Å². The van der Waals surface area contributed by atoms with Crippen LogP contribution in [0.4, 0.5) is 9.59 Å². The molecular weight excluding hydrogens is 524 g/mol. The van der Waals surface area contributed by atoms with Crippen LogP contribution in [0.5, 0.6) is 0 Å². The topological polar surface area (TPSA) is 89.5 Å². The molecule has 0 rings (SSSR count). The molecule has 0 aromatic carbocycles. The van der Waals surface area contributed by atoms with E-state index < -0.39 is 29.1 Å². The summed E-state index contributed by atoms with van der Waals surface area (Å²) < 4.78 is 31.0. The first-order chi connectivity index (χ1) is 17.2. The van der Waals surface area contributed by atoms with Gasteiger partial charge in [-0.05, 0) is 80.1 Å². The van der Waals surface area contributed by atoms with Gasteiger partial charge in [0.25, 0.3) is 0 Å². The van der Waals surface area contributed by atoms with E-state index in [4.69, 9.17) is 18.9 Å². The average Bonchev–Trinajstić information content (AvgIpc) is 2.70. The Kier molecular flexibility index (Phi) is 17.9. The van der Waals surface area contributed by atoms with Crippen LogP contribution in [0.2, 0.25) is 0 Å². The maximum absolute atomic E-state index is 11.3. The number of carbonyl (C=O) groups excluding carboxylic acids is 2. The number of rotatable bonds is 6. The van der Waals surface area contributed by atoms with Crippen LogP contribution in [0, 0.1) is 16.2 Å². The van der Waals surface area contributed by atoms with Crippen molar-refractivity contribution < 1.29 is 38.0 Å². The van der Waals surface area contributed by atoms with Crippen molar-refractivity contribution in [2.24, 2.45) is 16.2 Å². The first kappa shape index (κ1) is 46.4. The molecule has 250 valence electrons. The standard InChI is InChI=1S/C15H30O4.C9H18O3.C8H18O.CH4/c1-12(2,3)13(4,5)19-15(8,9)14(6,7)18-11(16)17-10;1-8(2,3)9(4,5)12-7(10)11-6;1-7(2,3)8(4,5)9-6;/h1-10H3;1-6H3;1-6H3;1H4. The van der Waals surface area contributed by atoms with Gasteiger partial charge in [0, 0.05) is 12.5 Å². The molecule has 41 heavy (non-hydrogen) atoms. The molecule has 0 spiro atoms. The zero-order chi connectivity index (χ0) is 33.4. The van der Waals surface area contributed by atoms with Gasteiger partial charge in [0.15, 0.2) is 0 Å². The lowest BCUT2D eigenvalue weighted by Crippen LogP contribution is -2.56. The van der Waals surface area contributed by atoms with E-state index in [-0.39, 0.29) is 34.9 Å². The van der Waals surface area contributed by atoms with Crippen molar-refractivity contribution in [1.29, 1.82) is 0 Å². The van der Waals surface area contributed by atoms with E-state index in [1.54, 1.807) is 7.11 Å². The number of hydrogen-bond donors (Lipinski definition) is 0. The van der Waals surface area contributed by atoms with E-state index in [0.29, 0.717) is 0 Å². The van der Waals surface area contributed by atoms with Gasteiger partial charge in [0.1, 0.15) is 16.8 Å². The summed E-state index contributed by atoms with van der Waals surface area (Å²) in [6.45, 7) is 38.4. The molecule has 0 atom stereocenters. The Hall–Kier alpha value is -1.54. The lowest BCUT2D eigenvalue weighted by Gasteiger charge is -2.49. The summed E-state index contributed by atoms with van der Waals surface area (Å²) in [5.41, 5.74) is -2.27. The molecule has 0 saturated carbocycles. The van der Waals surface area contributed by atoms with Crippen LogP contribution in [-0.4, -0.2) is 61.6 Å². The van der Waals surface area contributed by atoms with E-state index >= 15 is 0 Å². The Labute approximate surface area is 254 Å². The van der Waals surface area contributed by atoms with Crippen molar-refractivity contribution in [3.8, 4) is 0 Å². The number of methoxy groups -OCH3 is 3. The summed E-state index contributed by atoms with van der Waals surface area (Å²) in [6, 6.07) is 0. The second-order valence-corrected chi connectivity index (χ2v) is 15.7. The van der Waals surface area contributed by atoms with Gasteiger partial charge in [-0.2, -0.15) is 0 Å². The first-order valence-corrected chi connectivity index (χ1v) is 14.0. The van der Waals surface area contributed by atoms with E-state index in [1.165, 1.54) is 14.2 Å².